The Hall–Kier alpha value is -3.52. The van der Waals surface area contributed by atoms with Crippen LogP contribution in [0.3, 0.4) is 0 Å². The molecular formula is C19H18N7O3Re-3. The van der Waals surface area contributed by atoms with Gasteiger partial charge in [-0.1, -0.05) is 18.2 Å². The molecule has 10 nitrogen and oxygen atoms in total. The molecule has 4 aromatic rings. The minimum atomic E-state index is 0. The van der Waals surface area contributed by atoms with Crippen LogP contribution in [0.25, 0.3) is 22.8 Å². The second-order valence-electron chi connectivity index (χ2n) is 4.37. The molecule has 4 aromatic heterocycles. The van der Waals surface area contributed by atoms with Gasteiger partial charge in [0.05, 0.1) is 17.2 Å². The van der Waals surface area contributed by atoms with E-state index in [-0.39, 0.29) is 20.4 Å². The standard InChI is InChI=1S/C10H8N2.C6H4N5.CH4O.2CHO.Re/c1-3-7-11-9(5-1)10-6-2-4-8-12-10;1-2-5(4-7-3-1)6-8-10-11-9-6;3*1-2;/h1-8H;1-4H;2H,1H3;2*1H;/q;-1;;2*-1;. The summed E-state index contributed by atoms with van der Waals surface area (Å²) in [6.07, 6.45) is 6.89. The molecule has 0 aliphatic rings. The van der Waals surface area contributed by atoms with E-state index in [4.69, 9.17) is 14.7 Å². The van der Waals surface area contributed by atoms with Gasteiger partial charge in [-0.05, 0) is 30.3 Å². The van der Waals surface area contributed by atoms with E-state index < -0.39 is 0 Å². The quantitative estimate of drug-likeness (QED) is 0.271. The van der Waals surface area contributed by atoms with Crippen LogP contribution in [-0.4, -0.2) is 56.2 Å². The van der Waals surface area contributed by atoms with Gasteiger partial charge >= 0.3 is 0 Å². The second-order valence-corrected chi connectivity index (χ2v) is 4.37. The number of pyridine rings is 3. The van der Waals surface area contributed by atoms with Gasteiger partial charge in [-0.3, -0.25) is 39.0 Å². The van der Waals surface area contributed by atoms with Gasteiger partial charge in [0.1, 0.15) is 0 Å². The summed E-state index contributed by atoms with van der Waals surface area (Å²) in [6.45, 7) is 6.50. The Kier molecular flexibility index (Phi) is 19.3. The van der Waals surface area contributed by atoms with Crippen molar-refractivity contribution in [2.45, 2.75) is 0 Å². The van der Waals surface area contributed by atoms with Gasteiger partial charge in [0.15, 0.2) is 0 Å². The van der Waals surface area contributed by atoms with Crippen LogP contribution in [0.5, 0.6) is 0 Å². The van der Waals surface area contributed by atoms with Crippen molar-refractivity contribution >= 4 is 13.6 Å². The number of rotatable bonds is 2. The van der Waals surface area contributed by atoms with Crippen molar-refractivity contribution in [3.8, 4) is 22.8 Å². The Balaban J connectivity index is 0. The molecule has 4 heterocycles. The van der Waals surface area contributed by atoms with Gasteiger partial charge < -0.3 is 19.8 Å². The molecule has 1 N–H and O–H groups in total. The molecule has 0 amide bonds. The van der Waals surface area contributed by atoms with Crippen molar-refractivity contribution < 1.29 is 35.1 Å². The van der Waals surface area contributed by atoms with Crippen LogP contribution < -0.4 is 5.21 Å². The Morgan fingerprint density at radius 2 is 1.37 bits per heavy atom. The van der Waals surface area contributed by atoms with Crippen LogP contribution >= 0.6 is 0 Å². The van der Waals surface area contributed by atoms with Crippen molar-refractivity contribution in [3.63, 3.8) is 0 Å². The van der Waals surface area contributed by atoms with Crippen molar-refractivity contribution in [1.82, 2.24) is 35.6 Å². The summed E-state index contributed by atoms with van der Waals surface area (Å²) in [5, 5.41) is 21.1. The molecular weight excluding hydrogens is 560 g/mol. The number of hydrogen-bond donors (Lipinski definition) is 1. The largest absolute Gasteiger partial charge is 0.545 e. The van der Waals surface area contributed by atoms with Gasteiger partial charge in [0, 0.05) is 57.9 Å². The average Bonchev–Trinajstić information content (AvgIpc) is 3.40. The zero-order valence-electron chi connectivity index (χ0n) is 15.9. The molecule has 0 fully saturated rings. The first kappa shape index (κ1) is 28.7. The number of hydrogen-bond acceptors (Lipinski definition) is 9. The number of tetrazole rings is 1. The van der Waals surface area contributed by atoms with Crippen LogP contribution in [-0.2, 0) is 30.0 Å². The Bertz CT molecular complexity index is 816. The van der Waals surface area contributed by atoms with E-state index in [1.165, 1.54) is 0 Å². The summed E-state index contributed by atoms with van der Waals surface area (Å²) in [6, 6.07) is 15.3. The first-order valence-corrected chi connectivity index (χ1v) is 7.77. The molecule has 0 atom stereocenters. The third-order valence-electron chi connectivity index (χ3n) is 2.83. The summed E-state index contributed by atoms with van der Waals surface area (Å²) < 4.78 is 0. The molecule has 1 radical (unpaired) electrons. The molecule has 30 heavy (non-hydrogen) atoms. The molecule has 0 aliphatic carbocycles. The third kappa shape index (κ3) is 10.7. The zero-order valence-corrected chi connectivity index (χ0v) is 18.6. The predicted octanol–water partition coefficient (Wildman–Crippen LogP) is 1.09. The van der Waals surface area contributed by atoms with Crippen LogP contribution in [0.4, 0.5) is 0 Å². The number of aromatic nitrogens is 7. The summed E-state index contributed by atoms with van der Waals surface area (Å²) in [5.41, 5.74) is 2.66. The Labute approximate surface area is 187 Å². The van der Waals surface area contributed by atoms with E-state index in [1.54, 1.807) is 24.8 Å². The molecule has 0 saturated heterocycles. The number of carbonyl (C=O) groups excluding carboxylic acids is 2. The van der Waals surface area contributed by atoms with E-state index in [0.29, 0.717) is 5.82 Å². The van der Waals surface area contributed by atoms with Gasteiger partial charge in [0.2, 0.25) is 0 Å². The second kappa shape index (κ2) is 20.2. The maximum atomic E-state index is 7.75. The van der Waals surface area contributed by atoms with E-state index in [0.717, 1.165) is 24.1 Å². The Morgan fingerprint density at radius 1 is 0.800 bits per heavy atom. The fourth-order valence-corrected chi connectivity index (χ4v) is 1.78. The van der Waals surface area contributed by atoms with Gasteiger partial charge in [-0.15, -0.1) is 0 Å². The number of nitrogens with zero attached hydrogens (tertiary/aromatic N) is 7. The smallest absolute Gasteiger partial charge is 0.0886 e. The molecule has 0 bridgehead atoms. The monoisotopic (exact) mass is 579 g/mol. The van der Waals surface area contributed by atoms with Crippen LogP contribution in [0, 0.1) is 0 Å². The van der Waals surface area contributed by atoms with Crippen molar-refractivity contribution in [2.24, 2.45) is 0 Å². The summed E-state index contributed by atoms with van der Waals surface area (Å²) >= 11 is 0. The van der Waals surface area contributed by atoms with Gasteiger partial charge in [0.25, 0.3) is 0 Å². The maximum absolute atomic E-state index is 7.75. The molecule has 0 unspecified atom stereocenters. The van der Waals surface area contributed by atoms with E-state index >= 15 is 0 Å². The molecule has 0 saturated carbocycles. The van der Waals surface area contributed by atoms with Gasteiger partial charge in [-0.25, -0.2) is 5.10 Å². The number of aliphatic hydroxyl groups is 1. The minimum absolute atomic E-state index is 0. The molecule has 4 rings (SSSR count). The van der Waals surface area contributed by atoms with Crippen LogP contribution in [0.15, 0.2) is 73.3 Å². The number of aliphatic hydroxyl groups excluding tert-OH is 1. The molecule has 11 heteroatoms. The predicted molar refractivity (Wildman–Crippen MR) is 105 cm³/mol. The van der Waals surface area contributed by atoms with Crippen molar-refractivity contribution in [2.75, 3.05) is 7.11 Å². The SMILES string of the molecule is CO.[CH-]=O.[CH-]=O.[Re].c1ccc(-c2ccccn2)nc1.c1cncc(-c2nn[n-]n2)c1. The van der Waals surface area contributed by atoms with Gasteiger partial charge in [-0.2, -0.15) is 0 Å². The zero-order chi connectivity index (χ0) is 21.7. The molecule has 0 aliphatic heterocycles. The average molecular weight is 579 g/mol. The maximum Gasteiger partial charge on any atom is 0.0886 e. The summed E-state index contributed by atoms with van der Waals surface area (Å²) in [5.74, 6) is 0.512. The van der Waals surface area contributed by atoms with Crippen molar-refractivity contribution in [3.05, 3.63) is 73.3 Å². The third-order valence-corrected chi connectivity index (χ3v) is 2.83. The topological polar surface area (TPSA) is 146 Å². The fourth-order valence-electron chi connectivity index (χ4n) is 1.78. The fraction of sp³-hybridized carbons (Fsp3) is 0.0526. The minimum Gasteiger partial charge on any atom is -0.545 e. The first-order chi connectivity index (χ1) is 14.4. The van der Waals surface area contributed by atoms with E-state index in [9.17, 15) is 0 Å². The summed E-state index contributed by atoms with van der Waals surface area (Å²) in [4.78, 5) is 27.8. The van der Waals surface area contributed by atoms with E-state index in [1.807, 2.05) is 48.5 Å². The van der Waals surface area contributed by atoms with Crippen molar-refractivity contribution in [1.29, 1.82) is 0 Å². The van der Waals surface area contributed by atoms with Crippen LogP contribution in [0.2, 0.25) is 0 Å². The molecule has 0 spiro atoms. The van der Waals surface area contributed by atoms with E-state index in [2.05, 4.69) is 49.2 Å². The van der Waals surface area contributed by atoms with Crippen LogP contribution in [0.1, 0.15) is 0 Å². The molecule has 157 valence electrons. The molecule has 0 aromatic carbocycles. The normalized spacial score (nSPS) is 7.93. The Morgan fingerprint density at radius 3 is 1.73 bits per heavy atom. The first-order valence-electron chi connectivity index (χ1n) is 7.77. The summed E-state index contributed by atoms with van der Waals surface area (Å²) in [7, 11) is 1.00.